The minimum absolute atomic E-state index is 0.0480. The number of hydrogen-bond acceptors (Lipinski definition) is 3. The van der Waals surface area contributed by atoms with Gasteiger partial charge in [0.25, 0.3) is 0 Å². The third-order valence-corrected chi connectivity index (χ3v) is 1.99. The van der Waals surface area contributed by atoms with Crippen LogP contribution in [0.4, 0.5) is 18.9 Å². The SMILES string of the molecule is Nc1ccc(CO)c(OC(F)(F)F)c1Cl. The zero-order chi connectivity index (χ0) is 11.6. The van der Waals surface area contributed by atoms with Gasteiger partial charge in [0.1, 0.15) is 5.02 Å². The Morgan fingerprint density at radius 2 is 2.00 bits per heavy atom. The van der Waals surface area contributed by atoms with E-state index in [9.17, 15) is 13.2 Å². The van der Waals surface area contributed by atoms with Gasteiger partial charge < -0.3 is 15.6 Å². The number of anilines is 1. The van der Waals surface area contributed by atoms with Crippen LogP contribution in [-0.2, 0) is 6.61 Å². The molecule has 0 heterocycles. The van der Waals surface area contributed by atoms with Crippen molar-refractivity contribution in [1.82, 2.24) is 0 Å². The van der Waals surface area contributed by atoms with Crippen LogP contribution in [0.25, 0.3) is 0 Å². The molecule has 0 fully saturated rings. The first-order chi connectivity index (χ1) is 6.85. The Hall–Kier alpha value is -1.14. The largest absolute Gasteiger partial charge is 0.573 e. The van der Waals surface area contributed by atoms with Crippen LogP contribution in [0, 0.1) is 0 Å². The van der Waals surface area contributed by atoms with E-state index in [0.29, 0.717) is 0 Å². The van der Waals surface area contributed by atoms with Crippen LogP contribution < -0.4 is 10.5 Å². The van der Waals surface area contributed by atoms with Crippen molar-refractivity contribution in [2.24, 2.45) is 0 Å². The lowest BCUT2D eigenvalue weighted by Crippen LogP contribution is -2.18. The van der Waals surface area contributed by atoms with Gasteiger partial charge in [0.2, 0.25) is 0 Å². The van der Waals surface area contributed by atoms with Gasteiger partial charge in [-0.3, -0.25) is 0 Å². The van der Waals surface area contributed by atoms with Crippen LogP contribution in [0.3, 0.4) is 0 Å². The molecule has 1 aromatic rings. The normalized spacial score (nSPS) is 11.5. The summed E-state index contributed by atoms with van der Waals surface area (Å²) in [5.74, 6) is -0.660. The third-order valence-electron chi connectivity index (χ3n) is 1.60. The molecule has 0 aliphatic carbocycles. The first kappa shape index (κ1) is 11.9. The van der Waals surface area contributed by atoms with Crippen molar-refractivity contribution in [2.75, 3.05) is 5.73 Å². The number of aliphatic hydroxyl groups excluding tert-OH is 1. The number of benzene rings is 1. The standard InChI is InChI=1S/C8H7ClF3NO2/c9-6-5(13)2-1-4(3-14)7(6)15-8(10,11)12/h1-2,14H,3,13H2. The highest BCUT2D eigenvalue weighted by molar-refractivity contribution is 6.34. The Kier molecular flexibility index (Phi) is 3.31. The summed E-state index contributed by atoms with van der Waals surface area (Å²) in [5, 5.41) is 8.42. The molecule has 7 heteroatoms. The summed E-state index contributed by atoms with van der Waals surface area (Å²) in [5.41, 5.74) is 5.18. The fourth-order valence-electron chi connectivity index (χ4n) is 0.962. The van der Waals surface area contributed by atoms with Crippen molar-refractivity contribution in [3.05, 3.63) is 22.7 Å². The average Bonchev–Trinajstić information content (AvgIpc) is 2.11. The molecular weight excluding hydrogens is 235 g/mol. The van der Waals surface area contributed by atoms with E-state index >= 15 is 0 Å². The maximum Gasteiger partial charge on any atom is 0.573 e. The van der Waals surface area contributed by atoms with Gasteiger partial charge >= 0.3 is 6.36 Å². The fourth-order valence-corrected chi connectivity index (χ4v) is 1.18. The molecule has 84 valence electrons. The highest BCUT2D eigenvalue weighted by Gasteiger charge is 2.33. The zero-order valence-corrected chi connectivity index (χ0v) is 8.06. The van der Waals surface area contributed by atoms with Gasteiger partial charge in [0, 0.05) is 5.56 Å². The first-order valence-corrected chi connectivity index (χ1v) is 4.16. The summed E-state index contributed by atoms with van der Waals surface area (Å²) in [6, 6.07) is 2.50. The van der Waals surface area contributed by atoms with E-state index in [2.05, 4.69) is 4.74 Å². The van der Waals surface area contributed by atoms with E-state index in [1.807, 2.05) is 0 Å². The predicted octanol–water partition coefficient (Wildman–Crippen LogP) is 2.31. The number of ether oxygens (including phenoxy) is 1. The molecule has 0 aliphatic rings. The average molecular weight is 242 g/mol. The fraction of sp³-hybridized carbons (Fsp3) is 0.250. The molecule has 3 nitrogen and oxygen atoms in total. The molecule has 0 saturated carbocycles. The summed E-state index contributed by atoms with van der Waals surface area (Å²) in [7, 11) is 0. The number of aliphatic hydroxyl groups is 1. The van der Waals surface area contributed by atoms with Crippen LogP contribution in [0.15, 0.2) is 12.1 Å². The highest BCUT2D eigenvalue weighted by atomic mass is 35.5. The summed E-state index contributed by atoms with van der Waals surface area (Å²) in [6.45, 7) is -0.620. The monoisotopic (exact) mass is 241 g/mol. The van der Waals surface area contributed by atoms with E-state index in [-0.39, 0.29) is 16.3 Å². The van der Waals surface area contributed by atoms with E-state index in [1.54, 1.807) is 0 Å². The minimum atomic E-state index is -4.87. The molecular formula is C8H7ClF3NO2. The number of rotatable bonds is 2. The maximum absolute atomic E-state index is 12.0. The van der Waals surface area contributed by atoms with Crippen LogP contribution in [-0.4, -0.2) is 11.5 Å². The van der Waals surface area contributed by atoms with Crippen molar-refractivity contribution < 1.29 is 23.0 Å². The summed E-state index contributed by atoms with van der Waals surface area (Å²) < 4.78 is 39.6. The van der Waals surface area contributed by atoms with E-state index < -0.39 is 18.7 Å². The summed E-state index contributed by atoms with van der Waals surface area (Å²) in [6.07, 6.45) is -4.87. The number of alkyl halides is 3. The molecule has 0 bridgehead atoms. The molecule has 0 saturated heterocycles. The van der Waals surface area contributed by atoms with Gasteiger partial charge in [-0.2, -0.15) is 0 Å². The van der Waals surface area contributed by atoms with Crippen molar-refractivity contribution in [3.63, 3.8) is 0 Å². The van der Waals surface area contributed by atoms with E-state index in [4.69, 9.17) is 22.4 Å². The van der Waals surface area contributed by atoms with Gasteiger partial charge in [-0.25, -0.2) is 0 Å². The molecule has 1 rings (SSSR count). The van der Waals surface area contributed by atoms with Gasteiger partial charge in [0.15, 0.2) is 5.75 Å². The third kappa shape index (κ3) is 2.90. The van der Waals surface area contributed by atoms with Crippen molar-refractivity contribution >= 4 is 17.3 Å². The Labute approximate surface area is 88.2 Å². The van der Waals surface area contributed by atoms with Crippen molar-refractivity contribution in [3.8, 4) is 5.75 Å². The van der Waals surface area contributed by atoms with Crippen LogP contribution in [0.2, 0.25) is 5.02 Å². The van der Waals surface area contributed by atoms with Crippen LogP contribution in [0.1, 0.15) is 5.56 Å². The molecule has 0 amide bonds. The van der Waals surface area contributed by atoms with E-state index in [0.717, 1.165) is 0 Å². The number of nitrogens with two attached hydrogens (primary N) is 1. The van der Waals surface area contributed by atoms with Crippen molar-refractivity contribution in [1.29, 1.82) is 0 Å². The molecule has 0 aliphatic heterocycles. The first-order valence-electron chi connectivity index (χ1n) is 3.78. The van der Waals surface area contributed by atoms with Gasteiger partial charge in [0.05, 0.1) is 12.3 Å². The molecule has 0 spiro atoms. The van der Waals surface area contributed by atoms with E-state index in [1.165, 1.54) is 12.1 Å². The Balaban J connectivity index is 3.18. The maximum atomic E-state index is 12.0. The van der Waals surface area contributed by atoms with Gasteiger partial charge in [-0.1, -0.05) is 17.7 Å². The lowest BCUT2D eigenvalue weighted by atomic mass is 10.2. The lowest BCUT2D eigenvalue weighted by Gasteiger charge is -2.14. The number of halogens is 4. The Bertz CT molecular complexity index is 368. The molecule has 15 heavy (non-hydrogen) atoms. The van der Waals surface area contributed by atoms with Crippen LogP contribution >= 0.6 is 11.6 Å². The molecule has 0 radical (unpaired) electrons. The number of nitrogen functional groups attached to an aromatic ring is 1. The van der Waals surface area contributed by atoms with Gasteiger partial charge in [-0.05, 0) is 6.07 Å². The summed E-state index contributed by atoms with van der Waals surface area (Å²) >= 11 is 5.52. The smallest absolute Gasteiger partial charge is 0.404 e. The highest BCUT2D eigenvalue weighted by Crippen LogP contribution is 2.37. The molecule has 0 unspecified atom stereocenters. The second-order valence-corrected chi connectivity index (χ2v) is 3.04. The molecule has 1 aromatic carbocycles. The molecule has 0 aromatic heterocycles. The lowest BCUT2D eigenvalue weighted by molar-refractivity contribution is -0.274. The molecule has 3 N–H and O–H groups in total. The second-order valence-electron chi connectivity index (χ2n) is 2.66. The number of hydrogen-bond donors (Lipinski definition) is 2. The Morgan fingerprint density at radius 3 is 2.47 bits per heavy atom. The second kappa shape index (κ2) is 4.16. The predicted molar refractivity (Wildman–Crippen MR) is 48.5 cm³/mol. The molecule has 0 atom stereocenters. The van der Waals surface area contributed by atoms with Crippen molar-refractivity contribution in [2.45, 2.75) is 13.0 Å². The minimum Gasteiger partial charge on any atom is -0.404 e. The quantitative estimate of drug-likeness (QED) is 0.782. The van der Waals surface area contributed by atoms with Gasteiger partial charge in [-0.15, -0.1) is 13.2 Å². The topological polar surface area (TPSA) is 55.5 Å². The van der Waals surface area contributed by atoms with Crippen LogP contribution in [0.5, 0.6) is 5.75 Å². The zero-order valence-electron chi connectivity index (χ0n) is 7.31. The Morgan fingerprint density at radius 1 is 1.40 bits per heavy atom. The summed E-state index contributed by atoms with van der Waals surface area (Å²) in [4.78, 5) is 0.